The lowest BCUT2D eigenvalue weighted by atomic mass is 10.3. The Hall–Kier alpha value is -1.10. The van der Waals surface area contributed by atoms with Crippen molar-refractivity contribution in [3.8, 4) is 0 Å². The molecule has 1 aliphatic heterocycles. The van der Waals surface area contributed by atoms with Crippen LogP contribution < -0.4 is 5.73 Å². The first-order valence-electron chi connectivity index (χ1n) is 3.85. The largest absolute Gasteiger partial charge is 0.328 e. The van der Waals surface area contributed by atoms with E-state index < -0.39 is 0 Å². The second-order valence-electron chi connectivity index (χ2n) is 2.99. The van der Waals surface area contributed by atoms with Crippen molar-refractivity contribution in [1.29, 1.82) is 0 Å². The molecule has 1 atom stereocenters. The van der Waals surface area contributed by atoms with Gasteiger partial charge in [-0.3, -0.25) is 9.69 Å². The molecule has 68 valence electrons. The molecule has 1 unspecified atom stereocenters. The van der Waals surface area contributed by atoms with E-state index in [-0.39, 0.29) is 24.5 Å². The molecule has 3 amide bonds. The molecule has 2 N–H and O–H groups in total. The van der Waals surface area contributed by atoms with Crippen molar-refractivity contribution >= 4 is 11.9 Å². The highest BCUT2D eigenvalue weighted by Gasteiger charge is 2.36. The SMILES string of the molecule is CC(CN)N1C(=O)CN(C)C1=O. The molecule has 1 fully saturated rings. The van der Waals surface area contributed by atoms with E-state index in [2.05, 4.69) is 0 Å². The molecule has 0 saturated carbocycles. The summed E-state index contributed by atoms with van der Waals surface area (Å²) in [6, 6.07) is -0.451. The Bertz CT molecular complexity index is 217. The van der Waals surface area contributed by atoms with Gasteiger partial charge in [0.15, 0.2) is 0 Å². The van der Waals surface area contributed by atoms with Gasteiger partial charge in [-0.05, 0) is 6.92 Å². The van der Waals surface area contributed by atoms with Crippen molar-refractivity contribution in [2.45, 2.75) is 13.0 Å². The van der Waals surface area contributed by atoms with Crippen LogP contribution in [0.4, 0.5) is 4.79 Å². The fraction of sp³-hybridized carbons (Fsp3) is 0.714. The average Bonchev–Trinajstić information content (AvgIpc) is 2.26. The van der Waals surface area contributed by atoms with Gasteiger partial charge in [0.25, 0.3) is 5.91 Å². The Morgan fingerprint density at radius 3 is 2.50 bits per heavy atom. The van der Waals surface area contributed by atoms with Crippen LogP contribution in [0.5, 0.6) is 0 Å². The molecule has 0 aliphatic carbocycles. The maximum atomic E-state index is 11.3. The van der Waals surface area contributed by atoms with Crippen LogP contribution in [0.2, 0.25) is 0 Å². The zero-order chi connectivity index (χ0) is 9.30. The summed E-state index contributed by atoms with van der Waals surface area (Å²) in [5.74, 6) is -0.166. The number of nitrogens with zero attached hydrogens (tertiary/aromatic N) is 2. The molecular formula is C7H13N3O2. The second-order valence-corrected chi connectivity index (χ2v) is 2.99. The molecule has 1 aliphatic rings. The highest BCUT2D eigenvalue weighted by molar-refractivity contribution is 6.02. The second kappa shape index (κ2) is 3.10. The maximum Gasteiger partial charge on any atom is 0.327 e. The fourth-order valence-corrected chi connectivity index (χ4v) is 1.18. The summed E-state index contributed by atoms with van der Waals surface area (Å²) in [5.41, 5.74) is 5.36. The summed E-state index contributed by atoms with van der Waals surface area (Å²) in [6.07, 6.45) is 0. The normalized spacial score (nSPS) is 20.6. The topological polar surface area (TPSA) is 66.6 Å². The van der Waals surface area contributed by atoms with Crippen molar-refractivity contribution in [3.05, 3.63) is 0 Å². The van der Waals surface area contributed by atoms with Crippen LogP contribution in [0.1, 0.15) is 6.92 Å². The van der Waals surface area contributed by atoms with Crippen LogP contribution >= 0.6 is 0 Å². The first kappa shape index (κ1) is 8.99. The van der Waals surface area contributed by atoms with Crippen LogP contribution in [0, 0.1) is 0 Å². The van der Waals surface area contributed by atoms with E-state index in [9.17, 15) is 9.59 Å². The number of rotatable bonds is 2. The number of nitrogens with two attached hydrogens (primary N) is 1. The maximum absolute atomic E-state index is 11.3. The number of amides is 3. The highest BCUT2D eigenvalue weighted by atomic mass is 16.2. The smallest absolute Gasteiger partial charge is 0.327 e. The molecule has 0 radical (unpaired) electrons. The zero-order valence-corrected chi connectivity index (χ0v) is 7.28. The van der Waals surface area contributed by atoms with E-state index in [1.54, 1.807) is 14.0 Å². The van der Waals surface area contributed by atoms with E-state index in [0.29, 0.717) is 6.54 Å². The minimum atomic E-state index is -0.252. The lowest BCUT2D eigenvalue weighted by molar-refractivity contribution is -0.126. The van der Waals surface area contributed by atoms with Gasteiger partial charge in [0.05, 0.1) is 6.04 Å². The minimum Gasteiger partial charge on any atom is -0.328 e. The zero-order valence-electron chi connectivity index (χ0n) is 7.28. The summed E-state index contributed by atoms with van der Waals surface area (Å²) < 4.78 is 0. The molecule has 0 aromatic heterocycles. The van der Waals surface area contributed by atoms with Crippen molar-refractivity contribution in [1.82, 2.24) is 9.80 Å². The Balaban J connectivity index is 2.76. The Labute approximate surface area is 71.1 Å². The van der Waals surface area contributed by atoms with Gasteiger partial charge < -0.3 is 10.6 Å². The van der Waals surface area contributed by atoms with Gasteiger partial charge in [-0.2, -0.15) is 0 Å². The third-order valence-electron chi connectivity index (χ3n) is 1.96. The molecule has 0 spiro atoms. The molecule has 12 heavy (non-hydrogen) atoms. The average molecular weight is 171 g/mol. The molecule has 1 saturated heterocycles. The molecular weight excluding hydrogens is 158 g/mol. The van der Waals surface area contributed by atoms with E-state index >= 15 is 0 Å². The molecule has 0 bridgehead atoms. The summed E-state index contributed by atoms with van der Waals surface area (Å²) in [7, 11) is 1.60. The lowest BCUT2D eigenvalue weighted by Gasteiger charge is -2.20. The highest BCUT2D eigenvalue weighted by Crippen LogP contribution is 2.10. The number of carbonyl (C=O) groups is 2. The Kier molecular flexibility index (Phi) is 2.32. The molecule has 0 aromatic rings. The number of imide groups is 1. The third-order valence-corrected chi connectivity index (χ3v) is 1.96. The predicted molar refractivity (Wildman–Crippen MR) is 43.4 cm³/mol. The van der Waals surface area contributed by atoms with Gasteiger partial charge >= 0.3 is 6.03 Å². The van der Waals surface area contributed by atoms with Gasteiger partial charge in [0.1, 0.15) is 6.54 Å². The van der Waals surface area contributed by atoms with Crippen molar-refractivity contribution in [3.63, 3.8) is 0 Å². The van der Waals surface area contributed by atoms with Crippen molar-refractivity contribution < 1.29 is 9.59 Å². The fourth-order valence-electron chi connectivity index (χ4n) is 1.18. The predicted octanol–water partition coefficient (Wildman–Crippen LogP) is -0.772. The van der Waals surface area contributed by atoms with E-state index in [4.69, 9.17) is 5.73 Å². The van der Waals surface area contributed by atoms with Crippen molar-refractivity contribution in [2.24, 2.45) is 5.73 Å². The molecule has 5 nitrogen and oxygen atoms in total. The summed E-state index contributed by atoms with van der Waals surface area (Å²) >= 11 is 0. The van der Waals surface area contributed by atoms with Gasteiger partial charge in [0.2, 0.25) is 0 Å². The third kappa shape index (κ3) is 1.27. The van der Waals surface area contributed by atoms with E-state index in [1.807, 2.05) is 0 Å². The number of carbonyl (C=O) groups excluding carboxylic acids is 2. The first-order valence-corrected chi connectivity index (χ1v) is 3.85. The number of hydrogen-bond acceptors (Lipinski definition) is 3. The van der Waals surface area contributed by atoms with Crippen molar-refractivity contribution in [2.75, 3.05) is 20.1 Å². The molecule has 1 heterocycles. The summed E-state index contributed by atoms with van der Waals surface area (Å²) in [5, 5.41) is 0. The minimum absolute atomic E-state index is 0.166. The number of likely N-dealkylation sites (N-methyl/N-ethyl adjacent to an activating group) is 1. The van der Waals surface area contributed by atoms with Crippen LogP contribution in [0.3, 0.4) is 0 Å². The van der Waals surface area contributed by atoms with E-state index in [1.165, 1.54) is 9.80 Å². The Morgan fingerprint density at radius 2 is 2.17 bits per heavy atom. The summed E-state index contributed by atoms with van der Waals surface area (Å²) in [6.45, 7) is 2.24. The molecule has 5 heteroatoms. The Morgan fingerprint density at radius 1 is 1.58 bits per heavy atom. The number of urea groups is 1. The first-order chi connectivity index (χ1) is 5.57. The number of hydrogen-bond donors (Lipinski definition) is 1. The monoisotopic (exact) mass is 171 g/mol. The van der Waals surface area contributed by atoms with Gasteiger partial charge in [-0.25, -0.2) is 4.79 Å². The molecule has 0 aromatic carbocycles. The van der Waals surface area contributed by atoms with Gasteiger partial charge in [-0.15, -0.1) is 0 Å². The van der Waals surface area contributed by atoms with Crippen LogP contribution in [-0.2, 0) is 4.79 Å². The quantitative estimate of drug-likeness (QED) is 0.555. The van der Waals surface area contributed by atoms with Crippen LogP contribution in [-0.4, -0.2) is 47.9 Å². The van der Waals surface area contributed by atoms with Crippen LogP contribution in [0.15, 0.2) is 0 Å². The van der Waals surface area contributed by atoms with Crippen LogP contribution in [0.25, 0.3) is 0 Å². The molecule has 1 rings (SSSR count). The summed E-state index contributed by atoms with van der Waals surface area (Å²) in [4.78, 5) is 25.1. The van der Waals surface area contributed by atoms with Gasteiger partial charge in [-0.1, -0.05) is 0 Å². The van der Waals surface area contributed by atoms with E-state index in [0.717, 1.165) is 0 Å². The van der Waals surface area contributed by atoms with Gasteiger partial charge in [0, 0.05) is 13.6 Å². The standard InChI is InChI=1S/C7H13N3O2/c1-5(3-8)10-6(11)4-9(2)7(10)12/h5H,3-4,8H2,1-2H3. The lowest BCUT2D eigenvalue weighted by Crippen LogP contribution is -2.43.